The number of carbonyl (C=O) groups excluding carboxylic acids is 1. The Morgan fingerprint density at radius 1 is 1.15 bits per heavy atom. The number of carbonyl (C=O) groups is 1. The average molecular weight is 390 g/mol. The van der Waals surface area contributed by atoms with Crippen LogP contribution in [-0.4, -0.2) is 41.2 Å². The SMILES string of the molecule is C=CCNS(=O)(=O)c1cccc(C(=O)Nc2cccc(OCCOC)c2)c1. The maximum atomic E-state index is 12.5. The molecule has 0 saturated carbocycles. The van der Waals surface area contributed by atoms with E-state index in [1.165, 1.54) is 24.3 Å². The number of hydrogen-bond donors (Lipinski definition) is 2. The van der Waals surface area contributed by atoms with E-state index in [1.807, 2.05) is 0 Å². The minimum absolute atomic E-state index is 0.00801. The molecule has 0 spiro atoms. The first-order chi connectivity index (χ1) is 13.0. The molecule has 0 bridgehead atoms. The Labute approximate surface area is 159 Å². The standard InChI is InChI=1S/C19H22N2O5S/c1-3-10-20-27(23,24)18-9-4-6-15(13-18)19(22)21-16-7-5-8-17(14-16)26-12-11-25-2/h3-9,13-14,20H,1,10-12H2,2H3,(H,21,22). The average Bonchev–Trinajstić information content (AvgIpc) is 2.67. The van der Waals surface area contributed by atoms with Gasteiger partial charge in [-0.15, -0.1) is 6.58 Å². The highest BCUT2D eigenvalue weighted by molar-refractivity contribution is 7.89. The number of amides is 1. The molecular weight excluding hydrogens is 368 g/mol. The Kier molecular flexibility index (Phi) is 7.54. The third kappa shape index (κ3) is 6.21. The van der Waals surface area contributed by atoms with Crippen molar-refractivity contribution in [1.82, 2.24) is 4.72 Å². The summed E-state index contributed by atoms with van der Waals surface area (Å²) in [6.45, 7) is 4.43. The van der Waals surface area contributed by atoms with Crippen molar-refractivity contribution >= 4 is 21.6 Å². The first-order valence-electron chi connectivity index (χ1n) is 8.20. The zero-order valence-electron chi connectivity index (χ0n) is 15.0. The number of benzene rings is 2. The second-order valence-electron chi connectivity index (χ2n) is 5.49. The highest BCUT2D eigenvalue weighted by atomic mass is 32.2. The fourth-order valence-corrected chi connectivity index (χ4v) is 3.21. The molecule has 0 atom stereocenters. The Hall–Kier alpha value is -2.68. The summed E-state index contributed by atoms with van der Waals surface area (Å²) in [6, 6.07) is 12.7. The van der Waals surface area contributed by atoms with Crippen LogP contribution >= 0.6 is 0 Å². The van der Waals surface area contributed by atoms with Crippen molar-refractivity contribution in [3.63, 3.8) is 0 Å². The highest BCUT2D eigenvalue weighted by Crippen LogP contribution is 2.19. The molecule has 0 fully saturated rings. The van der Waals surface area contributed by atoms with Crippen LogP contribution in [0.2, 0.25) is 0 Å². The molecule has 0 saturated heterocycles. The fraction of sp³-hybridized carbons (Fsp3) is 0.211. The predicted octanol–water partition coefficient (Wildman–Crippen LogP) is 2.43. The maximum Gasteiger partial charge on any atom is 0.255 e. The number of hydrogen-bond acceptors (Lipinski definition) is 5. The van der Waals surface area contributed by atoms with Crippen LogP contribution in [0, 0.1) is 0 Å². The smallest absolute Gasteiger partial charge is 0.255 e. The third-order valence-corrected chi connectivity index (χ3v) is 4.89. The molecule has 1 amide bonds. The van der Waals surface area contributed by atoms with Crippen LogP contribution in [0.25, 0.3) is 0 Å². The van der Waals surface area contributed by atoms with E-state index in [0.29, 0.717) is 24.7 Å². The maximum absolute atomic E-state index is 12.5. The number of anilines is 1. The van der Waals surface area contributed by atoms with Crippen LogP contribution in [0.3, 0.4) is 0 Å². The molecule has 0 aliphatic carbocycles. The van der Waals surface area contributed by atoms with E-state index < -0.39 is 15.9 Å². The molecule has 2 aromatic rings. The molecule has 0 aliphatic heterocycles. The summed E-state index contributed by atoms with van der Waals surface area (Å²) in [6.07, 6.45) is 1.44. The number of ether oxygens (including phenoxy) is 2. The zero-order chi connectivity index (χ0) is 19.7. The molecule has 0 radical (unpaired) electrons. The van der Waals surface area contributed by atoms with Gasteiger partial charge in [0.15, 0.2) is 0 Å². The summed E-state index contributed by atoms with van der Waals surface area (Å²) < 4.78 is 37.2. The number of methoxy groups -OCH3 is 1. The highest BCUT2D eigenvalue weighted by Gasteiger charge is 2.15. The summed E-state index contributed by atoms with van der Waals surface area (Å²) >= 11 is 0. The van der Waals surface area contributed by atoms with Crippen molar-refractivity contribution in [2.75, 3.05) is 32.2 Å². The minimum atomic E-state index is -3.70. The van der Waals surface area contributed by atoms with Gasteiger partial charge >= 0.3 is 0 Å². The van der Waals surface area contributed by atoms with Crippen molar-refractivity contribution in [2.24, 2.45) is 0 Å². The molecule has 8 heteroatoms. The molecule has 0 aliphatic rings. The van der Waals surface area contributed by atoms with E-state index in [-0.39, 0.29) is 17.0 Å². The Balaban J connectivity index is 2.11. The van der Waals surface area contributed by atoms with E-state index in [0.717, 1.165) is 0 Å². The van der Waals surface area contributed by atoms with E-state index in [9.17, 15) is 13.2 Å². The van der Waals surface area contributed by atoms with Crippen molar-refractivity contribution in [3.8, 4) is 5.75 Å². The minimum Gasteiger partial charge on any atom is -0.491 e. The van der Waals surface area contributed by atoms with Gasteiger partial charge in [-0.2, -0.15) is 0 Å². The normalized spacial score (nSPS) is 11.0. The van der Waals surface area contributed by atoms with Crippen LogP contribution in [0.1, 0.15) is 10.4 Å². The second-order valence-corrected chi connectivity index (χ2v) is 7.26. The fourth-order valence-electron chi connectivity index (χ4n) is 2.17. The molecule has 144 valence electrons. The lowest BCUT2D eigenvalue weighted by Crippen LogP contribution is -2.24. The van der Waals surface area contributed by atoms with Gasteiger partial charge in [-0.25, -0.2) is 13.1 Å². The van der Waals surface area contributed by atoms with Crippen molar-refractivity contribution in [3.05, 3.63) is 66.7 Å². The molecular formula is C19H22N2O5S. The number of nitrogens with one attached hydrogen (secondary N) is 2. The van der Waals surface area contributed by atoms with Gasteiger partial charge in [0.1, 0.15) is 12.4 Å². The largest absolute Gasteiger partial charge is 0.491 e. The van der Waals surface area contributed by atoms with Gasteiger partial charge in [-0.3, -0.25) is 4.79 Å². The Morgan fingerprint density at radius 3 is 2.67 bits per heavy atom. The summed E-state index contributed by atoms with van der Waals surface area (Å²) in [5.41, 5.74) is 0.759. The molecule has 7 nitrogen and oxygen atoms in total. The van der Waals surface area contributed by atoms with Crippen LogP contribution in [0.15, 0.2) is 66.1 Å². The lowest BCUT2D eigenvalue weighted by Gasteiger charge is -2.10. The first-order valence-corrected chi connectivity index (χ1v) is 9.68. The lowest BCUT2D eigenvalue weighted by atomic mass is 10.2. The van der Waals surface area contributed by atoms with Gasteiger partial charge in [0.2, 0.25) is 10.0 Å². The topological polar surface area (TPSA) is 93.7 Å². The number of rotatable bonds is 10. The van der Waals surface area contributed by atoms with E-state index in [4.69, 9.17) is 9.47 Å². The van der Waals surface area contributed by atoms with E-state index >= 15 is 0 Å². The molecule has 27 heavy (non-hydrogen) atoms. The van der Waals surface area contributed by atoms with Gasteiger partial charge in [0.25, 0.3) is 5.91 Å². The summed E-state index contributed by atoms with van der Waals surface area (Å²) in [4.78, 5) is 12.5. The van der Waals surface area contributed by atoms with Gasteiger partial charge < -0.3 is 14.8 Å². The number of sulfonamides is 1. The third-order valence-electron chi connectivity index (χ3n) is 3.47. The molecule has 0 heterocycles. The van der Waals surface area contributed by atoms with Gasteiger partial charge in [-0.1, -0.05) is 18.2 Å². The molecule has 2 rings (SSSR count). The summed E-state index contributed by atoms with van der Waals surface area (Å²) in [5.74, 6) is 0.166. The van der Waals surface area contributed by atoms with Crippen LogP contribution in [0.5, 0.6) is 5.75 Å². The molecule has 0 unspecified atom stereocenters. The first kappa shape index (κ1) is 20.6. The van der Waals surface area contributed by atoms with Gasteiger partial charge in [0.05, 0.1) is 11.5 Å². The monoisotopic (exact) mass is 390 g/mol. The molecule has 0 aromatic heterocycles. The lowest BCUT2D eigenvalue weighted by molar-refractivity contribution is 0.102. The van der Waals surface area contributed by atoms with Crippen LogP contribution in [0.4, 0.5) is 5.69 Å². The molecule has 2 aromatic carbocycles. The second kappa shape index (κ2) is 9.86. The van der Waals surface area contributed by atoms with E-state index in [2.05, 4.69) is 16.6 Å². The van der Waals surface area contributed by atoms with Crippen LogP contribution in [-0.2, 0) is 14.8 Å². The van der Waals surface area contributed by atoms with Gasteiger partial charge in [-0.05, 0) is 30.3 Å². The Morgan fingerprint density at radius 2 is 1.93 bits per heavy atom. The quantitative estimate of drug-likeness (QED) is 0.480. The summed E-state index contributed by atoms with van der Waals surface area (Å²) in [7, 11) is -2.12. The Bertz CT molecular complexity index is 896. The zero-order valence-corrected chi connectivity index (χ0v) is 15.8. The molecule has 2 N–H and O–H groups in total. The van der Waals surface area contributed by atoms with Crippen molar-refractivity contribution < 1.29 is 22.7 Å². The predicted molar refractivity (Wildman–Crippen MR) is 104 cm³/mol. The summed E-state index contributed by atoms with van der Waals surface area (Å²) in [5, 5.41) is 2.73. The van der Waals surface area contributed by atoms with Crippen molar-refractivity contribution in [2.45, 2.75) is 4.90 Å². The van der Waals surface area contributed by atoms with Crippen LogP contribution < -0.4 is 14.8 Å². The van der Waals surface area contributed by atoms with Crippen molar-refractivity contribution in [1.29, 1.82) is 0 Å². The van der Waals surface area contributed by atoms with E-state index in [1.54, 1.807) is 37.4 Å². The van der Waals surface area contributed by atoms with Gasteiger partial charge in [0, 0.05) is 31.0 Å².